The Morgan fingerprint density at radius 3 is 2.39 bits per heavy atom. The molecule has 0 saturated heterocycles. The summed E-state index contributed by atoms with van der Waals surface area (Å²) in [5.74, 6) is -1.29. The number of halogens is 5. The molecule has 1 aliphatic heterocycles. The number of hydrogen-bond acceptors (Lipinski definition) is 4. The first-order valence-electron chi connectivity index (χ1n) is 8.02. The third kappa shape index (κ3) is 3.56. The van der Waals surface area contributed by atoms with Crippen molar-refractivity contribution in [2.24, 2.45) is 0 Å². The molecule has 2 aliphatic rings. The lowest BCUT2D eigenvalue weighted by molar-refractivity contribution is -0.0887. The van der Waals surface area contributed by atoms with Crippen LogP contribution in [0.2, 0.25) is 0 Å². The minimum Gasteiger partial charge on any atom is -0.465 e. The Morgan fingerprint density at radius 2 is 1.79 bits per heavy atom. The van der Waals surface area contributed by atoms with E-state index in [1.165, 1.54) is 44.4 Å². The number of methoxy groups -OCH3 is 1. The van der Waals surface area contributed by atoms with Crippen LogP contribution in [0.4, 0.5) is 13.2 Å². The summed E-state index contributed by atoms with van der Waals surface area (Å²) in [6.45, 7) is 1.38. The van der Waals surface area contributed by atoms with Gasteiger partial charge in [0.2, 0.25) is 5.78 Å². The van der Waals surface area contributed by atoms with Crippen LogP contribution < -0.4 is 5.32 Å². The van der Waals surface area contributed by atoms with Crippen molar-refractivity contribution in [2.75, 3.05) is 7.11 Å². The van der Waals surface area contributed by atoms with Gasteiger partial charge in [-0.25, -0.2) is 4.79 Å². The minimum atomic E-state index is -4.60. The molecular weight excluding hydrogens is 418 g/mol. The molecule has 0 fully saturated rings. The lowest BCUT2D eigenvalue weighted by atomic mass is 9.89. The first kappa shape index (κ1) is 20.5. The molecule has 1 aromatic rings. The van der Waals surface area contributed by atoms with E-state index in [0.717, 1.165) is 12.2 Å². The second-order valence-corrected chi connectivity index (χ2v) is 7.91. The van der Waals surface area contributed by atoms with Crippen LogP contribution in [0.3, 0.4) is 0 Å². The fraction of sp³-hybridized carbons (Fsp3) is 0.263. The number of Topliss-reactive ketones (excluding diaryl/α,β-unsaturated/α-hetero) is 1. The standard InChI is InChI=1S/C19H14Cl2F3NO3/c1-17(20)8-12(19(22,23)24)7-14-13(17)9-18(21,25-14)15(26)10-4-3-5-11(6-10)16(27)28-2/h3-9,25H,1-2H3. The summed E-state index contributed by atoms with van der Waals surface area (Å²) in [6, 6.07) is 5.67. The molecule has 148 valence electrons. The number of rotatable bonds is 3. The van der Waals surface area contributed by atoms with Gasteiger partial charge in [-0.3, -0.25) is 4.79 Å². The maximum Gasteiger partial charge on any atom is 0.416 e. The maximum atomic E-state index is 13.1. The zero-order valence-corrected chi connectivity index (χ0v) is 16.2. The van der Waals surface area contributed by atoms with Crippen molar-refractivity contribution in [3.05, 3.63) is 70.5 Å². The van der Waals surface area contributed by atoms with E-state index in [2.05, 4.69) is 10.1 Å². The summed E-state index contributed by atoms with van der Waals surface area (Å²) >= 11 is 12.7. The first-order chi connectivity index (χ1) is 12.9. The number of esters is 1. The predicted molar refractivity (Wildman–Crippen MR) is 98.4 cm³/mol. The Morgan fingerprint density at radius 1 is 1.14 bits per heavy atom. The zero-order valence-electron chi connectivity index (χ0n) is 14.7. The second-order valence-electron chi connectivity index (χ2n) is 6.53. The van der Waals surface area contributed by atoms with Gasteiger partial charge in [0, 0.05) is 11.3 Å². The topological polar surface area (TPSA) is 55.4 Å². The smallest absolute Gasteiger partial charge is 0.416 e. The molecule has 2 unspecified atom stereocenters. The molecule has 9 heteroatoms. The molecule has 1 N–H and O–H groups in total. The average Bonchev–Trinajstić information content (AvgIpc) is 2.98. The number of allylic oxidation sites excluding steroid dienone is 4. The van der Waals surface area contributed by atoms with Gasteiger partial charge in [-0.15, -0.1) is 11.6 Å². The van der Waals surface area contributed by atoms with Crippen molar-refractivity contribution in [1.82, 2.24) is 5.32 Å². The van der Waals surface area contributed by atoms with Crippen LogP contribution >= 0.6 is 23.2 Å². The van der Waals surface area contributed by atoms with Gasteiger partial charge < -0.3 is 10.1 Å². The monoisotopic (exact) mass is 431 g/mol. The molecule has 0 aromatic heterocycles. The molecule has 1 aromatic carbocycles. The van der Waals surface area contributed by atoms with E-state index in [9.17, 15) is 22.8 Å². The Labute approximate surface area is 168 Å². The van der Waals surface area contributed by atoms with Crippen LogP contribution in [0, 0.1) is 0 Å². The van der Waals surface area contributed by atoms with Crippen molar-refractivity contribution in [3.8, 4) is 0 Å². The number of benzene rings is 1. The van der Waals surface area contributed by atoms with Crippen LogP contribution in [-0.2, 0) is 4.74 Å². The molecule has 0 spiro atoms. The van der Waals surface area contributed by atoms with Gasteiger partial charge in [0.1, 0.15) is 0 Å². The molecule has 28 heavy (non-hydrogen) atoms. The van der Waals surface area contributed by atoms with Crippen molar-refractivity contribution in [1.29, 1.82) is 0 Å². The molecule has 0 saturated carbocycles. The van der Waals surface area contributed by atoms with Crippen LogP contribution in [0.5, 0.6) is 0 Å². The lowest BCUT2D eigenvalue weighted by Gasteiger charge is -2.27. The predicted octanol–water partition coefficient (Wildman–Crippen LogP) is 4.50. The molecule has 0 bridgehead atoms. The van der Waals surface area contributed by atoms with Gasteiger partial charge >= 0.3 is 12.1 Å². The molecule has 3 rings (SSSR count). The van der Waals surface area contributed by atoms with Gasteiger partial charge in [0.05, 0.1) is 23.1 Å². The summed E-state index contributed by atoms with van der Waals surface area (Å²) < 4.78 is 44.1. The van der Waals surface area contributed by atoms with Gasteiger partial charge in [-0.1, -0.05) is 23.7 Å². The number of ether oxygens (including phenoxy) is 1. The van der Waals surface area contributed by atoms with Gasteiger partial charge in [0.25, 0.3) is 0 Å². The Kier molecular flexibility index (Phi) is 4.88. The van der Waals surface area contributed by atoms with Crippen molar-refractivity contribution in [2.45, 2.75) is 23.0 Å². The van der Waals surface area contributed by atoms with Crippen molar-refractivity contribution < 1.29 is 27.5 Å². The number of ketones is 1. The number of carbonyl (C=O) groups excluding carboxylic acids is 2. The van der Waals surface area contributed by atoms with Crippen LogP contribution in [0.1, 0.15) is 27.6 Å². The van der Waals surface area contributed by atoms with E-state index in [4.69, 9.17) is 23.2 Å². The third-order valence-corrected chi connectivity index (χ3v) is 5.09. The normalized spacial score (nSPS) is 26.5. The minimum absolute atomic E-state index is 0.0137. The van der Waals surface area contributed by atoms with E-state index < -0.39 is 33.4 Å². The highest BCUT2D eigenvalue weighted by atomic mass is 35.5. The summed E-state index contributed by atoms with van der Waals surface area (Å²) in [6.07, 6.45) is -1.58. The highest BCUT2D eigenvalue weighted by molar-refractivity contribution is 6.40. The fourth-order valence-corrected chi connectivity index (χ4v) is 3.66. The SMILES string of the molecule is COC(=O)c1cccc(C(=O)C2(Cl)C=C3C(=CC(C(F)(F)F)=CC3(C)Cl)N2)c1. The maximum absolute atomic E-state index is 13.1. The number of fused-ring (bicyclic) bond motifs is 1. The number of alkyl halides is 5. The zero-order chi connectivity index (χ0) is 20.9. The van der Waals surface area contributed by atoms with Crippen LogP contribution in [0.25, 0.3) is 0 Å². The van der Waals surface area contributed by atoms with Crippen LogP contribution in [-0.4, -0.2) is 34.9 Å². The highest BCUT2D eigenvalue weighted by Gasteiger charge is 2.48. The van der Waals surface area contributed by atoms with Gasteiger partial charge in [0.15, 0.2) is 5.00 Å². The van der Waals surface area contributed by atoms with Crippen molar-refractivity contribution in [3.63, 3.8) is 0 Å². The Hall–Kier alpha value is -2.25. The largest absolute Gasteiger partial charge is 0.465 e. The number of nitrogens with one attached hydrogen (secondary N) is 1. The fourth-order valence-electron chi connectivity index (χ4n) is 3.06. The number of carbonyl (C=O) groups is 2. The summed E-state index contributed by atoms with van der Waals surface area (Å²) in [7, 11) is 1.20. The number of hydrogen-bond donors (Lipinski definition) is 1. The summed E-state index contributed by atoms with van der Waals surface area (Å²) in [5.41, 5.74) is -0.443. The van der Waals surface area contributed by atoms with E-state index >= 15 is 0 Å². The molecule has 1 heterocycles. The van der Waals surface area contributed by atoms with E-state index in [1.807, 2.05) is 0 Å². The molecular formula is C19H14Cl2F3NO3. The van der Waals surface area contributed by atoms with E-state index in [0.29, 0.717) is 0 Å². The molecule has 0 amide bonds. The van der Waals surface area contributed by atoms with Crippen molar-refractivity contribution >= 4 is 35.0 Å². The molecule has 0 radical (unpaired) electrons. The molecule has 2 atom stereocenters. The Bertz CT molecular complexity index is 963. The second kappa shape index (κ2) is 6.67. The average molecular weight is 432 g/mol. The Balaban J connectivity index is 1.99. The first-order valence-corrected chi connectivity index (χ1v) is 8.77. The quantitative estimate of drug-likeness (QED) is 0.331. The van der Waals surface area contributed by atoms with Gasteiger partial charge in [-0.2, -0.15) is 13.2 Å². The van der Waals surface area contributed by atoms with Gasteiger partial charge in [-0.05, 0) is 42.9 Å². The summed E-state index contributed by atoms with van der Waals surface area (Å²) in [4.78, 5) is 21.3. The highest BCUT2D eigenvalue weighted by Crippen LogP contribution is 2.46. The van der Waals surface area contributed by atoms with E-state index in [-0.39, 0.29) is 22.4 Å². The molecule has 1 aliphatic carbocycles. The summed E-state index contributed by atoms with van der Waals surface area (Å²) in [5, 5.41) is 2.63. The molecule has 4 nitrogen and oxygen atoms in total. The van der Waals surface area contributed by atoms with Crippen LogP contribution in [0.15, 0.2) is 59.3 Å². The van der Waals surface area contributed by atoms with E-state index in [1.54, 1.807) is 0 Å². The lowest BCUT2D eigenvalue weighted by Crippen LogP contribution is -2.41. The third-order valence-electron chi connectivity index (χ3n) is 4.41.